The first kappa shape index (κ1) is 13.2. The Morgan fingerprint density at radius 2 is 2.47 bits per heavy atom. The number of ether oxygens (including phenoxy) is 1. The molecule has 2 rings (SSSR count). The molecule has 0 saturated heterocycles. The van der Waals surface area contributed by atoms with E-state index in [1.54, 1.807) is 9.71 Å². The fourth-order valence-electron chi connectivity index (χ4n) is 1.88. The van der Waals surface area contributed by atoms with Gasteiger partial charge in [-0.05, 0) is 0 Å². The molecule has 2 heterocycles. The van der Waals surface area contributed by atoms with E-state index in [1.807, 2.05) is 5.97 Å². The molecule has 0 saturated carbocycles. The minimum Gasteiger partial charge on any atom is -0.394 e. The first-order valence-electron chi connectivity index (χ1n) is 5.62. The molecule has 0 unspecified atom stereocenters. The van der Waals surface area contributed by atoms with Crippen molar-refractivity contribution in [2.45, 2.75) is 0 Å². The molecule has 0 radical (unpaired) electrons. The molecule has 0 atom stereocenters. The predicted molar refractivity (Wildman–Crippen MR) is 69.8 cm³/mol. The van der Waals surface area contributed by atoms with Crippen molar-refractivity contribution < 1.29 is 9.84 Å². The van der Waals surface area contributed by atoms with Gasteiger partial charge < -0.3 is 25.3 Å². The first-order valence-corrected chi connectivity index (χ1v) is 5.62. The molecule has 1 aliphatic rings. The van der Waals surface area contributed by atoms with Crippen molar-refractivity contribution in [2.24, 2.45) is 0 Å². The number of fused-ring (bicyclic) bond motifs is 1. The summed E-state index contributed by atoms with van der Waals surface area (Å²) in [5.74, 6) is 2.38. The zero-order chi connectivity index (χ0) is 13.8. The van der Waals surface area contributed by atoms with Crippen molar-refractivity contribution in [1.29, 1.82) is 5.26 Å². The highest BCUT2D eigenvalue weighted by molar-refractivity contribution is 6.50. The standard InChI is InChI=1S/C9H13BN6O3/c11-3-10-16-4-15(5-19-2-1-17)7-6(16)8(18)14-9(12)13-7/h10,17H,1-2,4-5H2,(H3,12,13,14,18). The number of hydrogen-bond donors (Lipinski definition) is 3. The Morgan fingerprint density at radius 1 is 1.68 bits per heavy atom. The van der Waals surface area contributed by atoms with Crippen molar-refractivity contribution >= 4 is 24.9 Å². The molecule has 0 aliphatic carbocycles. The molecule has 1 aliphatic heterocycles. The number of aliphatic hydroxyl groups excluding tert-OH is 1. The summed E-state index contributed by atoms with van der Waals surface area (Å²) in [6, 6.07) is 0. The second kappa shape index (κ2) is 5.60. The van der Waals surface area contributed by atoms with Crippen LogP contribution in [0.15, 0.2) is 4.79 Å². The fraction of sp³-hybridized carbons (Fsp3) is 0.444. The second-order valence-corrected chi connectivity index (χ2v) is 3.92. The van der Waals surface area contributed by atoms with E-state index in [4.69, 9.17) is 20.8 Å². The lowest BCUT2D eigenvalue weighted by Gasteiger charge is -2.18. The Balaban J connectivity index is 2.28. The summed E-state index contributed by atoms with van der Waals surface area (Å²) in [7, 11) is 0.0676. The smallest absolute Gasteiger partial charge is 0.362 e. The molecular formula is C9H13BN6O3. The van der Waals surface area contributed by atoms with E-state index in [9.17, 15) is 4.79 Å². The molecule has 1 aromatic heterocycles. The quantitative estimate of drug-likeness (QED) is 0.401. The summed E-state index contributed by atoms with van der Waals surface area (Å²) in [6.07, 6.45) is 0. The monoisotopic (exact) mass is 264 g/mol. The van der Waals surface area contributed by atoms with Crippen LogP contribution in [-0.2, 0) is 4.74 Å². The molecule has 0 amide bonds. The van der Waals surface area contributed by atoms with Crippen LogP contribution in [0.1, 0.15) is 0 Å². The number of aromatic nitrogens is 2. The highest BCUT2D eigenvalue weighted by Gasteiger charge is 2.30. The molecule has 4 N–H and O–H groups in total. The first-order chi connectivity index (χ1) is 9.17. The largest absolute Gasteiger partial charge is 0.394 e. The van der Waals surface area contributed by atoms with E-state index >= 15 is 0 Å². The lowest BCUT2D eigenvalue weighted by atomic mass is 9.95. The zero-order valence-electron chi connectivity index (χ0n) is 10.2. The Bertz CT molecular complexity index is 556. The SMILES string of the molecule is N#CBN1CN(COCCO)c2nc(N)[nH]c(=O)c21. The van der Waals surface area contributed by atoms with Crippen molar-refractivity contribution in [3.8, 4) is 5.97 Å². The number of aromatic amines is 1. The van der Waals surface area contributed by atoms with E-state index in [0.717, 1.165) is 0 Å². The van der Waals surface area contributed by atoms with E-state index in [2.05, 4.69) is 9.97 Å². The van der Waals surface area contributed by atoms with Crippen LogP contribution in [0.3, 0.4) is 0 Å². The summed E-state index contributed by atoms with van der Waals surface area (Å²) >= 11 is 0. The highest BCUT2D eigenvalue weighted by atomic mass is 16.5. The van der Waals surface area contributed by atoms with Gasteiger partial charge in [-0.1, -0.05) is 0 Å². The van der Waals surface area contributed by atoms with Gasteiger partial charge in [-0.2, -0.15) is 4.98 Å². The normalized spacial score (nSPS) is 13.3. The van der Waals surface area contributed by atoms with Crippen molar-refractivity contribution in [2.75, 3.05) is 42.1 Å². The van der Waals surface area contributed by atoms with Gasteiger partial charge in [0.25, 0.3) is 5.56 Å². The summed E-state index contributed by atoms with van der Waals surface area (Å²) in [5.41, 5.74) is 5.43. The van der Waals surface area contributed by atoms with Crippen molar-refractivity contribution in [3.63, 3.8) is 0 Å². The number of aliphatic hydroxyl groups is 1. The summed E-state index contributed by atoms with van der Waals surface area (Å²) in [4.78, 5) is 21.6. The van der Waals surface area contributed by atoms with Gasteiger partial charge in [0.05, 0.1) is 19.9 Å². The van der Waals surface area contributed by atoms with Crippen molar-refractivity contribution in [1.82, 2.24) is 9.97 Å². The Hall–Kier alpha value is -2.25. The lowest BCUT2D eigenvalue weighted by Crippen LogP contribution is -2.35. The van der Waals surface area contributed by atoms with Gasteiger partial charge in [-0.25, -0.2) is 5.26 Å². The number of anilines is 3. The number of rotatable bonds is 5. The highest BCUT2D eigenvalue weighted by Crippen LogP contribution is 2.29. The Morgan fingerprint density at radius 3 is 3.16 bits per heavy atom. The van der Waals surface area contributed by atoms with Crippen LogP contribution in [0, 0.1) is 11.2 Å². The number of H-pyrrole nitrogens is 1. The topological polar surface area (TPSA) is 132 Å². The molecule has 1 aromatic rings. The predicted octanol–water partition coefficient (Wildman–Crippen LogP) is -2.27. The van der Waals surface area contributed by atoms with Crippen LogP contribution < -0.4 is 21.0 Å². The maximum atomic E-state index is 11.9. The zero-order valence-corrected chi connectivity index (χ0v) is 10.2. The molecular weight excluding hydrogens is 251 g/mol. The van der Waals surface area contributed by atoms with Crippen LogP contribution in [-0.4, -0.2) is 49.1 Å². The van der Waals surface area contributed by atoms with Gasteiger partial charge in [0.1, 0.15) is 12.4 Å². The van der Waals surface area contributed by atoms with Crippen LogP contribution >= 0.6 is 0 Å². The van der Waals surface area contributed by atoms with Gasteiger partial charge in [-0.3, -0.25) is 9.78 Å². The van der Waals surface area contributed by atoms with Crippen LogP contribution in [0.5, 0.6) is 0 Å². The summed E-state index contributed by atoms with van der Waals surface area (Å²) in [5, 5.41) is 17.4. The van der Waals surface area contributed by atoms with E-state index < -0.39 is 0 Å². The Labute approximate surface area is 109 Å². The third-order valence-corrected chi connectivity index (χ3v) is 2.60. The number of nitrogens with two attached hydrogens (primary N) is 1. The average Bonchev–Trinajstić information content (AvgIpc) is 2.69. The second-order valence-electron chi connectivity index (χ2n) is 3.92. The summed E-state index contributed by atoms with van der Waals surface area (Å²) in [6.45, 7) is 0.565. The van der Waals surface area contributed by atoms with E-state index in [1.165, 1.54) is 0 Å². The van der Waals surface area contributed by atoms with Gasteiger partial charge in [0.15, 0.2) is 5.82 Å². The van der Waals surface area contributed by atoms with E-state index in [0.29, 0.717) is 18.2 Å². The third kappa shape index (κ3) is 2.62. The molecule has 9 nitrogen and oxygen atoms in total. The maximum absolute atomic E-state index is 11.9. The van der Waals surface area contributed by atoms with E-state index in [-0.39, 0.29) is 38.9 Å². The number of nitrogen functional groups attached to an aromatic ring is 1. The maximum Gasteiger partial charge on any atom is 0.362 e. The minimum absolute atomic E-state index is 0.00900. The molecule has 10 heteroatoms. The number of hydrogen-bond acceptors (Lipinski definition) is 8. The Kier molecular flexibility index (Phi) is 3.89. The fourth-order valence-corrected chi connectivity index (χ4v) is 1.88. The van der Waals surface area contributed by atoms with Gasteiger partial charge in [0.2, 0.25) is 5.95 Å². The molecule has 19 heavy (non-hydrogen) atoms. The van der Waals surface area contributed by atoms with Crippen LogP contribution in [0.2, 0.25) is 0 Å². The van der Waals surface area contributed by atoms with Gasteiger partial charge in [-0.15, -0.1) is 0 Å². The number of nitriles is 1. The third-order valence-electron chi connectivity index (χ3n) is 2.60. The summed E-state index contributed by atoms with van der Waals surface area (Å²) < 4.78 is 5.20. The molecule has 100 valence electrons. The van der Waals surface area contributed by atoms with Gasteiger partial charge in [0, 0.05) is 5.97 Å². The number of nitrogens with zero attached hydrogens (tertiary/aromatic N) is 4. The van der Waals surface area contributed by atoms with Crippen molar-refractivity contribution in [3.05, 3.63) is 10.4 Å². The number of nitrogens with one attached hydrogen (secondary N) is 1. The minimum atomic E-state index is -0.387. The van der Waals surface area contributed by atoms with Crippen LogP contribution in [0.4, 0.5) is 17.5 Å². The van der Waals surface area contributed by atoms with Gasteiger partial charge >= 0.3 is 7.41 Å². The molecule has 0 fully saturated rings. The van der Waals surface area contributed by atoms with Crippen LogP contribution in [0.25, 0.3) is 0 Å². The molecule has 0 spiro atoms. The molecule has 0 aromatic carbocycles. The molecule has 0 bridgehead atoms. The lowest BCUT2D eigenvalue weighted by molar-refractivity contribution is 0.0931. The average molecular weight is 264 g/mol.